The van der Waals surface area contributed by atoms with E-state index in [1.54, 1.807) is 43.3 Å². The highest BCUT2D eigenvalue weighted by Gasteiger charge is 2.10. The molecule has 0 saturated carbocycles. The second-order valence-corrected chi connectivity index (χ2v) is 5.12. The van der Waals surface area contributed by atoms with Gasteiger partial charge in [-0.15, -0.1) is 0 Å². The van der Waals surface area contributed by atoms with Gasteiger partial charge in [0.1, 0.15) is 24.3 Å². The lowest BCUT2D eigenvalue weighted by atomic mass is 10.2. The van der Waals surface area contributed by atoms with Crippen molar-refractivity contribution in [3.05, 3.63) is 58.9 Å². The van der Waals surface area contributed by atoms with Gasteiger partial charge < -0.3 is 15.2 Å². The summed E-state index contributed by atoms with van der Waals surface area (Å²) >= 11 is 5.95. The standard InChI is InChI=1S/C16H17ClFNO2/c1-11-5-4-7-14(18)16(11)19-9-12(20)10-21-15-8-3-2-6-13(15)17/h2-8,12,19-20H,9-10H2,1H3. The zero-order valence-electron chi connectivity index (χ0n) is 11.6. The first-order valence-corrected chi connectivity index (χ1v) is 7.00. The maximum Gasteiger partial charge on any atom is 0.146 e. The monoisotopic (exact) mass is 309 g/mol. The fourth-order valence-electron chi connectivity index (χ4n) is 1.88. The fraction of sp³-hybridized carbons (Fsp3) is 0.250. The smallest absolute Gasteiger partial charge is 0.146 e. The summed E-state index contributed by atoms with van der Waals surface area (Å²) in [4.78, 5) is 0. The summed E-state index contributed by atoms with van der Waals surface area (Å²) in [5.74, 6) is 0.175. The van der Waals surface area contributed by atoms with Gasteiger partial charge in [-0.25, -0.2) is 4.39 Å². The van der Waals surface area contributed by atoms with E-state index < -0.39 is 6.10 Å². The molecule has 0 radical (unpaired) electrons. The highest BCUT2D eigenvalue weighted by atomic mass is 35.5. The molecule has 0 aliphatic rings. The largest absolute Gasteiger partial charge is 0.489 e. The van der Waals surface area contributed by atoms with Crippen LogP contribution in [0.3, 0.4) is 0 Å². The Hall–Kier alpha value is -1.78. The van der Waals surface area contributed by atoms with E-state index in [4.69, 9.17) is 16.3 Å². The molecule has 0 amide bonds. The molecule has 1 atom stereocenters. The van der Waals surface area contributed by atoms with E-state index in [9.17, 15) is 9.50 Å². The van der Waals surface area contributed by atoms with Gasteiger partial charge in [-0.3, -0.25) is 0 Å². The van der Waals surface area contributed by atoms with Gasteiger partial charge in [0.25, 0.3) is 0 Å². The first-order valence-electron chi connectivity index (χ1n) is 6.62. The van der Waals surface area contributed by atoms with E-state index in [2.05, 4.69) is 5.32 Å². The highest BCUT2D eigenvalue weighted by molar-refractivity contribution is 6.32. The number of aliphatic hydroxyl groups excluding tert-OH is 1. The summed E-state index contributed by atoms with van der Waals surface area (Å²) in [5, 5.41) is 13.3. The van der Waals surface area contributed by atoms with Crippen LogP contribution in [0, 0.1) is 12.7 Å². The number of rotatable bonds is 6. The van der Waals surface area contributed by atoms with Gasteiger partial charge in [0.15, 0.2) is 0 Å². The van der Waals surface area contributed by atoms with Crippen molar-refractivity contribution in [1.29, 1.82) is 0 Å². The molecule has 2 aromatic rings. The number of anilines is 1. The topological polar surface area (TPSA) is 41.5 Å². The maximum absolute atomic E-state index is 13.6. The van der Waals surface area contributed by atoms with Crippen molar-refractivity contribution in [2.75, 3.05) is 18.5 Å². The molecule has 3 nitrogen and oxygen atoms in total. The minimum absolute atomic E-state index is 0.0736. The Morgan fingerprint density at radius 1 is 1.24 bits per heavy atom. The van der Waals surface area contributed by atoms with E-state index in [1.165, 1.54) is 6.07 Å². The summed E-state index contributed by atoms with van der Waals surface area (Å²) in [6.07, 6.45) is -0.778. The Bertz CT molecular complexity index is 586. The molecule has 0 heterocycles. The van der Waals surface area contributed by atoms with Crippen molar-refractivity contribution in [2.24, 2.45) is 0 Å². The number of hydrogen-bond acceptors (Lipinski definition) is 3. The lowest BCUT2D eigenvalue weighted by Gasteiger charge is -2.16. The van der Waals surface area contributed by atoms with E-state index >= 15 is 0 Å². The third kappa shape index (κ3) is 4.34. The second kappa shape index (κ2) is 7.29. The molecule has 0 bridgehead atoms. The molecule has 21 heavy (non-hydrogen) atoms. The normalized spacial score (nSPS) is 12.0. The lowest BCUT2D eigenvalue weighted by molar-refractivity contribution is 0.117. The summed E-state index contributed by atoms with van der Waals surface area (Å²) in [6.45, 7) is 2.06. The van der Waals surface area contributed by atoms with Crippen LogP contribution < -0.4 is 10.1 Å². The molecule has 0 fully saturated rings. The van der Waals surface area contributed by atoms with Gasteiger partial charge in [0, 0.05) is 6.54 Å². The summed E-state index contributed by atoms with van der Waals surface area (Å²) in [6, 6.07) is 11.9. The first kappa shape index (κ1) is 15.6. The van der Waals surface area contributed by atoms with Crippen LogP contribution in [0.15, 0.2) is 42.5 Å². The van der Waals surface area contributed by atoms with Crippen LogP contribution in [0.2, 0.25) is 5.02 Å². The van der Waals surface area contributed by atoms with Gasteiger partial charge in [-0.2, -0.15) is 0 Å². The lowest BCUT2D eigenvalue weighted by Crippen LogP contribution is -2.26. The zero-order valence-corrected chi connectivity index (χ0v) is 12.4. The average Bonchev–Trinajstić information content (AvgIpc) is 2.46. The van der Waals surface area contributed by atoms with Crippen molar-refractivity contribution < 1.29 is 14.2 Å². The molecule has 2 N–H and O–H groups in total. The third-order valence-corrected chi connectivity index (χ3v) is 3.32. The second-order valence-electron chi connectivity index (χ2n) is 4.71. The Balaban J connectivity index is 1.85. The molecule has 2 rings (SSSR count). The number of aryl methyl sites for hydroxylation is 1. The molecule has 0 aliphatic heterocycles. The van der Waals surface area contributed by atoms with Gasteiger partial charge >= 0.3 is 0 Å². The van der Waals surface area contributed by atoms with Crippen molar-refractivity contribution in [3.63, 3.8) is 0 Å². The Labute approximate surface area is 128 Å². The number of para-hydroxylation sites is 2. The molecular formula is C16H17ClFNO2. The molecule has 0 aromatic heterocycles. The van der Waals surface area contributed by atoms with E-state index in [0.717, 1.165) is 5.56 Å². The molecule has 112 valence electrons. The molecule has 0 saturated heterocycles. The van der Waals surface area contributed by atoms with Crippen LogP contribution in [-0.2, 0) is 0 Å². The molecular weight excluding hydrogens is 293 g/mol. The van der Waals surface area contributed by atoms with E-state index in [0.29, 0.717) is 16.5 Å². The number of halogens is 2. The zero-order chi connectivity index (χ0) is 15.2. The highest BCUT2D eigenvalue weighted by Crippen LogP contribution is 2.23. The summed E-state index contributed by atoms with van der Waals surface area (Å²) in [5.41, 5.74) is 1.18. The van der Waals surface area contributed by atoms with Crippen molar-refractivity contribution >= 4 is 17.3 Å². The van der Waals surface area contributed by atoms with Crippen LogP contribution >= 0.6 is 11.6 Å². The summed E-state index contributed by atoms with van der Waals surface area (Å²) < 4.78 is 19.0. The number of aliphatic hydroxyl groups is 1. The van der Waals surface area contributed by atoms with Gasteiger partial charge in [0.05, 0.1) is 10.7 Å². The molecule has 5 heteroatoms. The van der Waals surface area contributed by atoms with E-state index in [-0.39, 0.29) is 19.0 Å². The SMILES string of the molecule is Cc1cccc(F)c1NCC(O)COc1ccccc1Cl. The number of ether oxygens (including phenoxy) is 1. The minimum Gasteiger partial charge on any atom is -0.489 e. The first-order chi connectivity index (χ1) is 10.1. The van der Waals surface area contributed by atoms with Gasteiger partial charge in [-0.05, 0) is 30.7 Å². The van der Waals surface area contributed by atoms with Crippen LogP contribution in [0.1, 0.15) is 5.56 Å². The maximum atomic E-state index is 13.6. The predicted octanol–water partition coefficient (Wildman–Crippen LogP) is 3.64. The predicted molar refractivity (Wildman–Crippen MR) is 82.6 cm³/mol. The third-order valence-electron chi connectivity index (χ3n) is 3.00. The number of nitrogens with one attached hydrogen (secondary N) is 1. The van der Waals surface area contributed by atoms with Crippen LogP contribution in [-0.4, -0.2) is 24.4 Å². The van der Waals surface area contributed by atoms with Crippen molar-refractivity contribution in [3.8, 4) is 5.75 Å². The molecule has 0 aliphatic carbocycles. The molecule has 1 unspecified atom stereocenters. The Morgan fingerprint density at radius 2 is 2.00 bits per heavy atom. The quantitative estimate of drug-likeness (QED) is 0.856. The Kier molecular flexibility index (Phi) is 5.42. The van der Waals surface area contributed by atoms with Gasteiger partial charge in [0.2, 0.25) is 0 Å². The summed E-state index contributed by atoms with van der Waals surface area (Å²) in [7, 11) is 0. The van der Waals surface area contributed by atoms with E-state index in [1.807, 2.05) is 0 Å². The molecule has 2 aromatic carbocycles. The average molecular weight is 310 g/mol. The molecule has 0 spiro atoms. The minimum atomic E-state index is -0.778. The van der Waals surface area contributed by atoms with Crippen LogP contribution in [0.5, 0.6) is 5.75 Å². The fourth-order valence-corrected chi connectivity index (χ4v) is 2.07. The Morgan fingerprint density at radius 3 is 2.71 bits per heavy atom. The van der Waals surface area contributed by atoms with Gasteiger partial charge in [-0.1, -0.05) is 35.9 Å². The van der Waals surface area contributed by atoms with Crippen LogP contribution in [0.4, 0.5) is 10.1 Å². The van der Waals surface area contributed by atoms with Crippen LogP contribution in [0.25, 0.3) is 0 Å². The van der Waals surface area contributed by atoms with Crippen molar-refractivity contribution in [1.82, 2.24) is 0 Å². The number of hydrogen-bond donors (Lipinski definition) is 2. The van der Waals surface area contributed by atoms with Crippen molar-refractivity contribution in [2.45, 2.75) is 13.0 Å². The number of benzene rings is 2.